The number of halogens is 1. The maximum Gasteiger partial charge on any atom is 0.335 e. The van der Waals surface area contributed by atoms with Crippen LogP contribution in [0.15, 0.2) is 53.0 Å². The van der Waals surface area contributed by atoms with E-state index >= 15 is 0 Å². The largest absolute Gasteiger partial charge is 0.496 e. The highest BCUT2D eigenvalue weighted by molar-refractivity contribution is 9.10. The van der Waals surface area contributed by atoms with Crippen molar-refractivity contribution < 1.29 is 14.6 Å². The molecule has 0 amide bonds. The number of aliphatic carboxylic acids is 1. The second kappa shape index (κ2) is 8.70. The maximum absolute atomic E-state index is 11.8. The first-order valence-corrected chi connectivity index (χ1v) is 12.6. The number of benzene rings is 2. The fourth-order valence-electron chi connectivity index (χ4n) is 7.14. The number of carboxylic acids is 1. The Morgan fingerprint density at radius 2 is 1.78 bits per heavy atom. The summed E-state index contributed by atoms with van der Waals surface area (Å²) >= 11 is 3.43. The number of aryl methyl sites for hydroxylation is 1. The zero-order chi connectivity index (χ0) is 22.3. The smallest absolute Gasteiger partial charge is 0.335 e. The zero-order valence-electron chi connectivity index (χ0n) is 18.6. The topological polar surface area (TPSA) is 46.5 Å². The average Bonchev–Trinajstić information content (AvgIpc) is 2.75. The van der Waals surface area contributed by atoms with Gasteiger partial charge in [-0.2, -0.15) is 0 Å². The Hall–Kier alpha value is -2.07. The molecule has 2 aromatic carbocycles. The summed E-state index contributed by atoms with van der Waals surface area (Å²) in [7, 11) is 1.79. The van der Waals surface area contributed by atoms with Gasteiger partial charge in [0, 0.05) is 10.0 Å². The standard InChI is InChI=1S/C28H31BrO3/c1-32-26-13-18(4-2-7-24(27(30)31)22-5-3-6-23(29)14-22)8-9-25(26)28-15-19-10-20(16-28)12-21(11-19)17-28/h3,5-9,13-14,19-21H,2,4,10-12,15-17H2,1H3,(H,30,31). The van der Waals surface area contributed by atoms with Crippen molar-refractivity contribution in [3.05, 3.63) is 69.7 Å². The lowest BCUT2D eigenvalue weighted by Gasteiger charge is -2.57. The Morgan fingerprint density at radius 3 is 2.38 bits per heavy atom. The predicted octanol–water partition coefficient (Wildman–Crippen LogP) is 7.03. The average molecular weight is 495 g/mol. The summed E-state index contributed by atoms with van der Waals surface area (Å²) in [4.78, 5) is 11.8. The Balaban J connectivity index is 1.34. The molecule has 4 aliphatic rings. The maximum atomic E-state index is 11.8. The zero-order valence-corrected chi connectivity index (χ0v) is 20.2. The molecule has 0 atom stereocenters. The normalized spacial score (nSPS) is 28.7. The van der Waals surface area contributed by atoms with E-state index in [2.05, 4.69) is 34.1 Å². The van der Waals surface area contributed by atoms with Gasteiger partial charge >= 0.3 is 5.97 Å². The summed E-state index contributed by atoms with van der Waals surface area (Å²) in [6.45, 7) is 0. The Labute approximate surface area is 199 Å². The predicted molar refractivity (Wildman–Crippen MR) is 131 cm³/mol. The molecule has 0 saturated heterocycles. The highest BCUT2D eigenvalue weighted by Gasteiger charge is 2.52. The van der Waals surface area contributed by atoms with Crippen molar-refractivity contribution in [3.8, 4) is 5.75 Å². The lowest BCUT2D eigenvalue weighted by atomic mass is 9.48. The van der Waals surface area contributed by atoms with Gasteiger partial charge in [-0.1, -0.05) is 46.3 Å². The quantitative estimate of drug-likeness (QED) is 0.420. The van der Waals surface area contributed by atoms with Gasteiger partial charge in [-0.15, -0.1) is 0 Å². The third-order valence-electron chi connectivity index (χ3n) is 8.02. The number of allylic oxidation sites excluding steroid dienone is 1. The summed E-state index contributed by atoms with van der Waals surface area (Å²) in [5.74, 6) is 2.85. The number of hydrogen-bond acceptors (Lipinski definition) is 2. The summed E-state index contributed by atoms with van der Waals surface area (Å²) in [6, 6.07) is 14.2. The van der Waals surface area contributed by atoms with Crippen LogP contribution in [0.4, 0.5) is 0 Å². The van der Waals surface area contributed by atoms with Crippen molar-refractivity contribution >= 4 is 27.5 Å². The number of carbonyl (C=O) groups is 1. The van der Waals surface area contributed by atoms with Crippen LogP contribution in [0.25, 0.3) is 5.57 Å². The molecule has 32 heavy (non-hydrogen) atoms. The lowest BCUT2D eigenvalue weighted by molar-refractivity contribution is -0.130. The van der Waals surface area contributed by atoms with Gasteiger partial charge in [0.1, 0.15) is 5.75 Å². The summed E-state index contributed by atoms with van der Waals surface area (Å²) in [5, 5.41) is 9.68. The van der Waals surface area contributed by atoms with Gasteiger partial charge < -0.3 is 9.84 Å². The van der Waals surface area contributed by atoms with E-state index in [9.17, 15) is 9.90 Å². The fraction of sp³-hybridized carbons (Fsp3) is 0.464. The molecule has 168 valence electrons. The number of methoxy groups -OCH3 is 1. The number of carboxylic acid groups (broad SMARTS) is 1. The van der Waals surface area contributed by atoms with E-state index in [-0.39, 0.29) is 0 Å². The monoisotopic (exact) mass is 494 g/mol. The van der Waals surface area contributed by atoms with Crippen LogP contribution >= 0.6 is 15.9 Å². The van der Waals surface area contributed by atoms with Gasteiger partial charge in [-0.25, -0.2) is 4.79 Å². The number of ether oxygens (including phenoxy) is 1. The van der Waals surface area contributed by atoms with Gasteiger partial charge in [0.2, 0.25) is 0 Å². The van der Waals surface area contributed by atoms with Gasteiger partial charge in [0.25, 0.3) is 0 Å². The van der Waals surface area contributed by atoms with E-state index < -0.39 is 5.97 Å². The van der Waals surface area contributed by atoms with Crippen LogP contribution in [0, 0.1) is 17.8 Å². The van der Waals surface area contributed by atoms with Crippen molar-refractivity contribution in [3.63, 3.8) is 0 Å². The van der Waals surface area contributed by atoms with E-state index in [1.807, 2.05) is 30.3 Å². The van der Waals surface area contributed by atoms with E-state index in [4.69, 9.17) is 4.74 Å². The molecule has 4 bridgehead atoms. The van der Waals surface area contributed by atoms with Crippen LogP contribution < -0.4 is 4.74 Å². The van der Waals surface area contributed by atoms with E-state index in [0.717, 1.165) is 40.0 Å². The van der Waals surface area contributed by atoms with Crippen LogP contribution in [0.2, 0.25) is 0 Å². The minimum Gasteiger partial charge on any atom is -0.496 e. The molecule has 6 rings (SSSR count). The third-order valence-corrected chi connectivity index (χ3v) is 8.52. The van der Waals surface area contributed by atoms with Gasteiger partial charge in [-0.3, -0.25) is 0 Å². The Kier molecular flexibility index (Phi) is 5.92. The van der Waals surface area contributed by atoms with Gasteiger partial charge in [0.15, 0.2) is 0 Å². The van der Waals surface area contributed by atoms with E-state index in [1.54, 1.807) is 7.11 Å². The Morgan fingerprint density at radius 1 is 1.09 bits per heavy atom. The lowest BCUT2D eigenvalue weighted by Crippen LogP contribution is -2.48. The Bertz CT molecular complexity index is 1020. The molecule has 4 aliphatic carbocycles. The molecule has 4 heteroatoms. The molecule has 0 radical (unpaired) electrons. The molecule has 0 unspecified atom stereocenters. The van der Waals surface area contributed by atoms with Crippen molar-refractivity contribution in [2.45, 2.75) is 56.8 Å². The molecular formula is C28H31BrO3. The summed E-state index contributed by atoms with van der Waals surface area (Å²) in [5.41, 5.74) is 4.00. The fourth-order valence-corrected chi connectivity index (χ4v) is 7.54. The van der Waals surface area contributed by atoms with Crippen LogP contribution in [-0.2, 0) is 16.6 Å². The first-order chi connectivity index (χ1) is 15.5. The minimum atomic E-state index is -0.891. The SMILES string of the molecule is COc1cc(CCC=C(C(=O)O)c2cccc(Br)c2)ccc1C12CC3CC(CC(C3)C1)C2. The first-order valence-electron chi connectivity index (χ1n) is 11.8. The van der Waals surface area contributed by atoms with Crippen molar-refractivity contribution in [2.24, 2.45) is 17.8 Å². The number of rotatable bonds is 7. The molecule has 3 nitrogen and oxygen atoms in total. The molecule has 0 heterocycles. The van der Waals surface area contributed by atoms with Crippen LogP contribution in [0.1, 0.15) is 61.6 Å². The van der Waals surface area contributed by atoms with Crippen molar-refractivity contribution in [1.82, 2.24) is 0 Å². The highest BCUT2D eigenvalue weighted by atomic mass is 79.9. The van der Waals surface area contributed by atoms with Crippen molar-refractivity contribution in [2.75, 3.05) is 7.11 Å². The molecule has 2 aromatic rings. The minimum absolute atomic E-state index is 0.315. The summed E-state index contributed by atoms with van der Waals surface area (Å²) < 4.78 is 6.79. The van der Waals surface area contributed by atoms with Gasteiger partial charge in [-0.05, 0) is 104 Å². The van der Waals surface area contributed by atoms with Crippen LogP contribution in [0.5, 0.6) is 5.75 Å². The molecule has 0 aliphatic heterocycles. The molecule has 4 saturated carbocycles. The van der Waals surface area contributed by atoms with Crippen LogP contribution in [0.3, 0.4) is 0 Å². The highest BCUT2D eigenvalue weighted by Crippen LogP contribution is 2.61. The number of hydrogen-bond donors (Lipinski definition) is 1. The molecular weight excluding hydrogens is 464 g/mol. The molecule has 0 aromatic heterocycles. The van der Waals surface area contributed by atoms with Crippen molar-refractivity contribution in [1.29, 1.82) is 0 Å². The van der Waals surface area contributed by atoms with E-state index in [0.29, 0.717) is 17.4 Å². The van der Waals surface area contributed by atoms with E-state index in [1.165, 1.54) is 49.7 Å². The summed E-state index contributed by atoms with van der Waals surface area (Å²) in [6.07, 6.45) is 11.6. The second-order valence-electron chi connectivity index (χ2n) is 10.2. The molecule has 4 fully saturated rings. The third kappa shape index (κ3) is 4.14. The van der Waals surface area contributed by atoms with Crippen LogP contribution in [-0.4, -0.2) is 18.2 Å². The molecule has 0 spiro atoms. The molecule has 1 N–H and O–H groups in total. The van der Waals surface area contributed by atoms with Gasteiger partial charge in [0.05, 0.1) is 12.7 Å². The first kappa shape index (κ1) is 21.8. The second-order valence-corrected chi connectivity index (χ2v) is 11.1.